The first-order valence-corrected chi connectivity index (χ1v) is 8.99. The lowest BCUT2D eigenvalue weighted by molar-refractivity contribution is 0.191. The Kier molecular flexibility index (Phi) is 5.24. The van der Waals surface area contributed by atoms with Gasteiger partial charge in [-0.25, -0.2) is 4.98 Å². The van der Waals surface area contributed by atoms with E-state index in [9.17, 15) is 0 Å². The lowest BCUT2D eigenvalue weighted by atomic mass is 10.1. The molecule has 4 heteroatoms. The van der Waals surface area contributed by atoms with E-state index in [2.05, 4.69) is 59.6 Å². The van der Waals surface area contributed by atoms with Crippen molar-refractivity contribution in [2.24, 2.45) is 0 Å². The Morgan fingerprint density at radius 2 is 2.05 bits per heavy atom. The zero-order valence-corrected chi connectivity index (χ0v) is 14.4. The maximum absolute atomic E-state index is 4.84. The number of hydrogen-bond donors (Lipinski definition) is 0. The molecule has 0 amide bonds. The van der Waals surface area contributed by atoms with Crippen LogP contribution < -0.4 is 0 Å². The van der Waals surface area contributed by atoms with E-state index < -0.39 is 0 Å². The van der Waals surface area contributed by atoms with E-state index in [4.69, 9.17) is 4.98 Å². The van der Waals surface area contributed by atoms with Crippen molar-refractivity contribution in [3.63, 3.8) is 0 Å². The molecule has 2 heterocycles. The van der Waals surface area contributed by atoms with E-state index in [-0.39, 0.29) is 0 Å². The van der Waals surface area contributed by atoms with E-state index in [0.717, 1.165) is 18.8 Å². The maximum Gasteiger partial charge on any atom is 0.107 e. The first-order valence-electron chi connectivity index (χ1n) is 8.11. The van der Waals surface area contributed by atoms with Crippen LogP contribution in [-0.4, -0.2) is 48.0 Å². The van der Waals surface area contributed by atoms with Gasteiger partial charge in [-0.2, -0.15) is 0 Å². The topological polar surface area (TPSA) is 19.4 Å². The number of thiazole rings is 1. The monoisotopic (exact) mass is 315 g/mol. The Bertz CT molecular complexity index is 579. The largest absolute Gasteiger partial charge is 0.305 e. The number of likely N-dealkylation sites (tertiary alicyclic amines) is 1. The van der Waals surface area contributed by atoms with Crippen LogP contribution >= 0.6 is 11.3 Å². The summed E-state index contributed by atoms with van der Waals surface area (Å²) < 4.78 is 0. The van der Waals surface area contributed by atoms with Gasteiger partial charge in [0.15, 0.2) is 0 Å². The molecule has 3 nitrogen and oxygen atoms in total. The van der Waals surface area contributed by atoms with Crippen molar-refractivity contribution in [3.05, 3.63) is 40.7 Å². The standard InChI is InChI=1S/C18H25N3S/c1-20(2)16-10-6-7-11-21(12-16)13-18-19-17(14-22-18)15-8-4-3-5-9-15/h3-5,8-9,14,16H,6-7,10-13H2,1-2H3. The molecule has 0 aliphatic carbocycles. The van der Waals surface area contributed by atoms with Crippen LogP contribution in [0.15, 0.2) is 35.7 Å². The van der Waals surface area contributed by atoms with Gasteiger partial charge in [-0.1, -0.05) is 36.8 Å². The predicted octanol–water partition coefficient (Wildman–Crippen LogP) is 3.73. The smallest absolute Gasteiger partial charge is 0.107 e. The average Bonchev–Trinajstić information content (AvgIpc) is 2.86. The number of nitrogens with zero attached hydrogens (tertiary/aromatic N) is 3. The summed E-state index contributed by atoms with van der Waals surface area (Å²) in [7, 11) is 4.40. The second-order valence-corrected chi connectivity index (χ2v) is 7.28. The molecule has 1 atom stereocenters. The summed E-state index contributed by atoms with van der Waals surface area (Å²) in [4.78, 5) is 9.78. The third kappa shape index (κ3) is 3.94. The molecule has 0 saturated carbocycles. The van der Waals surface area contributed by atoms with Crippen molar-refractivity contribution < 1.29 is 0 Å². The normalized spacial score (nSPS) is 20.2. The Hall–Kier alpha value is -1.23. The van der Waals surface area contributed by atoms with Crippen LogP contribution in [0.1, 0.15) is 24.3 Å². The van der Waals surface area contributed by atoms with Gasteiger partial charge in [0, 0.05) is 23.5 Å². The molecule has 118 valence electrons. The quantitative estimate of drug-likeness (QED) is 0.857. The first kappa shape index (κ1) is 15.7. The van der Waals surface area contributed by atoms with Gasteiger partial charge in [-0.15, -0.1) is 11.3 Å². The highest BCUT2D eigenvalue weighted by Gasteiger charge is 2.20. The SMILES string of the molecule is CN(C)C1CCCCN(Cc2nc(-c3ccccc3)cs2)C1. The van der Waals surface area contributed by atoms with E-state index in [0.29, 0.717) is 6.04 Å². The van der Waals surface area contributed by atoms with Crippen molar-refractivity contribution in [2.75, 3.05) is 27.2 Å². The van der Waals surface area contributed by atoms with Crippen LogP contribution in [0.5, 0.6) is 0 Å². The van der Waals surface area contributed by atoms with Crippen molar-refractivity contribution in [3.8, 4) is 11.3 Å². The molecular formula is C18H25N3S. The highest BCUT2D eigenvalue weighted by Crippen LogP contribution is 2.23. The molecule has 0 radical (unpaired) electrons. The second-order valence-electron chi connectivity index (χ2n) is 6.34. The molecule has 22 heavy (non-hydrogen) atoms. The second kappa shape index (κ2) is 7.36. The summed E-state index contributed by atoms with van der Waals surface area (Å²) in [5.41, 5.74) is 2.33. The van der Waals surface area contributed by atoms with E-state index in [1.807, 2.05) is 0 Å². The molecule has 0 spiro atoms. The first-order chi connectivity index (χ1) is 10.7. The summed E-state index contributed by atoms with van der Waals surface area (Å²) in [6, 6.07) is 11.1. The molecule has 1 fully saturated rings. The predicted molar refractivity (Wildman–Crippen MR) is 94.2 cm³/mol. The van der Waals surface area contributed by atoms with E-state index in [1.54, 1.807) is 11.3 Å². The van der Waals surface area contributed by atoms with E-state index >= 15 is 0 Å². The molecule has 2 aromatic rings. The van der Waals surface area contributed by atoms with Gasteiger partial charge in [0.05, 0.1) is 12.2 Å². The van der Waals surface area contributed by atoms with Gasteiger partial charge in [-0.05, 0) is 33.5 Å². The summed E-state index contributed by atoms with van der Waals surface area (Å²) in [6.07, 6.45) is 3.96. The van der Waals surface area contributed by atoms with Crippen LogP contribution in [0.3, 0.4) is 0 Å². The number of aromatic nitrogens is 1. The van der Waals surface area contributed by atoms with Crippen LogP contribution in [0, 0.1) is 0 Å². The van der Waals surface area contributed by atoms with Gasteiger partial charge >= 0.3 is 0 Å². The third-order valence-corrected chi connectivity index (χ3v) is 5.27. The summed E-state index contributed by atoms with van der Waals surface area (Å²) in [5.74, 6) is 0. The van der Waals surface area contributed by atoms with Crippen molar-refractivity contribution in [2.45, 2.75) is 31.8 Å². The molecule has 1 aromatic carbocycles. The van der Waals surface area contributed by atoms with Gasteiger partial charge in [0.1, 0.15) is 5.01 Å². The minimum absolute atomic E-state index is 0.677. The molecule has 0 bridgehead atoms. The molecule has 1 unspecified atom stereocenters. The zero-order chi connectivity index (χ0) is 15.4. The van der Waals surface area contributed by atoms with E-state index in [1.165, 1.54) is 36.4 Å². The van der Waals surface area contributed by atoms with Gasteiger partial charge < -0.3 is 4.90 Å². The fourth-order valence-electron chi connectivity index (χ4n) is 3.08. The van der Waals surface area contributed by atoms with Crippen LogP contribution in [0.2, 0.25) is 0 Å². The summed E-state index contributed by atoms with van der Waals surface area (Å²) in [6.45, 7) is 3.35. The lowest BCUT2D eigenvalue weighted by Gasteiger charge is -2.27. The zero-order valence-electron chi connectivity index (χ0n) is 13.5. The fraction of sp³-hybridized carbons (Fsp3) is 0.500. The molecular weight excluding hydrogens is 290 g/mol. The minimum atomic E-state index is 0.677. The van der Waals surface area contributed by atoms with Crippen molar-refractivity contribution in [1.82, 2.24) is 14.8 Å². The highest BCUT2D eigenvalue weighted by atomic mass is 32.1. The van der Waals surface area contributed by atoms with Crippen LogP contribution in [0.4, 0.5) is 0 Å². The third-order valence-electron chi connectivity index (χ3n) is 4.44. The molecule has 1 aliphatic heterocycles. The Morgan fingerprint density at radius 1 is 1.23 bits per heavy atom. The summed E-state index contributed by atoms with van der Waals surface area (Å²) >= 11 is 1.79. The Morgan fingerprint density at radius 3 is 2.82 bits per heavy atom. The van der Waals surface area contributed by atoms with Crippen LogP contribution in [-0.2, 0) is 6.54 Å². The molecule has 0 N–H and O–H groups in total. The molecule has 3 rings (SSSR count). The summed E-state index contributed by atoms with van der Waals surface area (Å²) in [5, 5.41) is 3.42. The highest BCUT2D eigenvalue weighted by molar-refractivity contribution is 7.09. The fourth-order valence-corrected chi connectivity index (χ4v) is 3.92. The van der Waals surface area contributed by atoms with Crippen molar-refractivity contribution in [1.29, 1.82) is 0 Å². The van der Waals surface area contributed by atoms with Gasteiger partial charge in [0.2, 0.25) is 0 Å². The molecule has 1 aromatic heterocycles. The lowest BCUT2D eigenvalue weighted by Crippen LogP contribution is -2.38. The number of hydrogen-bond acceptors (Lipinski definition) is 4. The van der Waals surface area contributed by atoms with Gasteiger partial charge in [0.25, 0.3) is 0 Å². The molecule has 1 saturated heterocycles. The molecule has 1 aliphatic rings. The minimum Gasteiger partial charge on any atom is -0.305 e. The Labute approximate surface area is 137 Å². The maximum atomic E-state index is 4.84. The average molecular weight is 315 g/mol. The van der Waals surface area contributed by atoms with Crippen LogP contribution in [0.25, 0.3) is 11.3 Å². The Balaban J connectivity index is 1.66. The van der Waals surface area contributed by atoms with Crippen molar-refractivity contribution >= 4 is 11.3 Å². The van der Waals surface area contributed by atoms with Gasteiger partial charge in [-0.3, -0.25) is 4.90 Å². The number of benzene rings is 1. The number of likely N-dealkylation sites (N-methyl/N-ethyl adjacent to an activating group) is 1. The number of rotatable bonds is 4.